The molecule has 0 radical (unpaired) electrons. The maximum Gasteiger partial charge on any atom is 0.213 e. The molecule has 0 amide bonds. The number of nitrogens with zero attached hydrogens (tertiary/aromatic N) is 3. The smallest absolute Gasteiger partial charge is 0.213 e. The average Bonchev–Trinajstić information content (AvgIpc) is 2.93. The van der Waals surface area contributed by atoms with Gasteiger partial charge in [0.05, 0.1) is 18.8 Å². The van der Waals surface area contributed by atoms with Gasteiger partial charge in [0.15, 0.2) is 5.76 Å². The van der Waals surface area contributed by atoms with Crippen molar-refractivity contribution in [3.8, 4) is 5.88 Å². The molecular formula is C16H21N3O2. The molecular weight excluding hydrogens is 266 g/mol. The molecule has 0 N–H and O–H groups in total. The third-order valence-electron chi connectivity index (χ3n) is 3.87. The molecule has 112 valence electrons. The first-order valence-electron chi connectivity index (χ1n) is 7.48. The van der Waals surface area contributed by atoms with Crippen molar-refractivity contribution < 1.29 is 9.26 Å². The highest BCUT2D eigenvalue weighted by atomic mass is 16.5. The molecule has 5 heteroatoms. The van der Waals surface area contributed by atoms with Crippen LogP contribution in [0.5, 0.6) is 5.88 Å². The number of pyridine rings is 1. The molecule has 3 heterocycles. The number of hydrogen-bond acceptors (Lipinski definition) is 5. The first kappa shape index (κ1) is 14.1. The first-order valence-corrected chi connectivity index (χ1v) is 7.48. The van der Waals surface area contributed by atoms with E-state index in [9.17, 15) is 0 Å². The van der Waals surface area contributed by atoms with Crippen molar-refractivity contribution in [1.29, 1.82) is 0 Å². The van der Waals surface area contributed by atoms with Crippen LogP contribution in [0.15, 0.2) is 35.0 Å². The minimum atomic E-state index is 0.611. The van der Waals surface area contributed by atoms with Crippen molar-refractivity contribution in [3.63, 3.8) is 0 Å². The van der Waals surface area contributed by atoms with Crippen LogP contribution in [-0.2, 0) is 6.54 Å². The van der Waals surface area contributed by atoms with Crippen molar-refractivity contribution >= 4 is 0 Å². The molecule has 5 nitrogen and oxygen atoms in total. The van der Waals surface area contributed by atoms with E-state index in [1.165, 1.54) is 0 Å². The third-order valence-corrected chi connectivity index (χ3v) is 3.87. The van der Waals surface area contributed by atoms with E-state index in [4.69, 9.17) is 9.26 Å². The Balaban J connectivity index is 1.40. The van der Waals surface area contributed by atoms with Gasteiger partial charge < -0.3 is 9.26 Å². The molecule has 2 aromatic rings. The summed E-state index contributed by atoms with van der Waals surface area (Å²) in [7, 11) is 0. The Kier molecular flexibility index (Phi) is 4.50. The Morgan fingerprint density at radius 2 is 2.19 bits per heavy atom. The summed E-state index contributed by atoms with van der Waals surface area (Å²) >= 11 is 0. The Labute approximate surface area is 124 Å². The van der Waals surface area contributed by atoms with Crippen LogP contribution >= 0.6 is 0 Å². The third kappa shape index (κ3) is 4.04. The zero-order chi connectivity index (χ0) is 14.5. The van der Waals surface area contributed by atoms with Crippen LogP contribution in [0.4, 0.5) is 0 Å². The van der Waals surface area contributed by atoms with Gasteiger partial charge >= 0.3 is 0 Å². The van der Waals surface area contributed by atoms with Gasteiger partial charge in [-0.25, -0.2) is 4.98 Å². The lowest BCUT2D eigenvalue weighted by Crippen LogP contribution is -2.35. The van der Waals surface area contributed by atoms with Crippen LogP contribution in [-0.4, -0.2) is 34.7 Å². The summed E-state index contributed by atoms with van der Waals surface area (Å²) in [6.45, 7) is 5.72. The van der Waals surface area contributed by atoms with Crippen LogP contribution in [0, 0.1) is 12.8 Å². The second kappa shape index (κ2) is 6.72. The Bertz CT molecular complexity index is 548. The van der Waals surface area contributed by atoms with E-state index in [2.05, 4.69) is 15.0 Å². The van der Waals surface area contributed by atoms with E-state index in [1.807, 2.05) is 31.2 Å². The minimum Gasteiger partial charge on any atom is -0.477 e. The largest absolute Gasteiger partial charge is 0.477 e. The fourth-order valence-electron chi connectivity index (χ4n) is 2.66. The van der Waals surface area contributed by atoms with Gasteiger partial charge in [-0.05, 0) is 44.8 Å². The van der Waals surface area contributed by atoms with Gasteiger partial charge in [0.25, 0.3) is 0 Å². The number of likely N-dealkylation sites (tertiary alicyclic amines) is 1. The molecule has 1 aliphatic heterocycles. The molecule has 0 saturated carbocycles. The van der Waals surface area contributed by atoms with Crippen molar-refractivity contribution in [2.24, 2.45) is 5.92 Å². The van der Waals surface area contributed by atoms with Gasteiger partial charge in [0, 0.05) is 18.3 Å². The van der Waals surface area contributed by atoms with Crippen LogP contribution < -0.4 is 4.74 Å². The highest BCUT2D eigenvalue weighted by molar-refractivity contribution is 5.09. The maximum absolute atomic E-state index is 5.74. The number of aromatic nitrogens is 2. The second-order valence-electron chi connectivity index (χ2n) is 5.63. The molecule has 1 aliphatic rings. The zero-order valence-corrected chi connectivity index (χ0v) is 12.4. The van der Waals surface area contributed by atoms with E-state index in [1.54, 1.807) is 6.20 Å². The van der Waals surface area contributed by atoms with Gasteiger partial charge in [-0.15, -0.1) is 0 Å². The first-order chi connectivity index (χ1) is 10.3. The molecule has 0 aromatic carbocycles. The van der Waals surface area contributed by atoms with Crippen LogP contribution in [0.3, 0.4) is 0 Å². The summed E-state index contributed by atoms with van der Waals surface area (Å²) in [5.41, 5.74) is 0.948. The molecule has 21 heavy (non-hydrogen) atoms. The number of aryl methyl sites for hydroxylation is 1. The molecule has 1 saturated heterocycles. The van der Waals surface area contributed by atoms with Gasteiger partial charge in [-0.2, -0.15) is 0 Å². The van der Waals surface area contributed by atoms with Crippen LogP contribution in [0.2, 0.25) is 0 Å². The van der Waals surface area contributed by atoms with E-state index in [-0.39, 0.29) is 0 Å². The molecule has 1 fully saturated rings. The summed E-state index contributed by atoms with van der Waals surface area (Å²) in [6.07, 6.45) is 4.07. The summed E-state index contributed by atoms with van der Waals surface area (Å²) in [5, 5.41) is 3.93. The van der Waals surface area contributed by atoms with Gasteiger partial charge in [0.2, 0.25) is 5.88 Å². The predicted molar refractivity (Wildman–Crippen MR) is 79.0 cm³/mol. The minimum absolute atomic E-state index is 0.611. The fraction of sp³-hybridized carbons (Fsp3) is 0.500. The highest BCUT2D eigenvalue weighted by Gasteiger charge is 2.20. The Morgan fingerprint density at radius 1 is 1.33 bits per heavy atom. The monoisotopic (exact) mass is 287 g/mol. The van der Waals surface area contributed by atoms with E-state index < -0.39 is 0 Å². The van der Waals surface area contributed by atoms with Gasteiger partial charge in [-0.1, -0.05) is 11.2 Å². The summed E-state index contributed by atoms with van der Waals surface area (Å²) in [5.74, 6) is 2.28. The van der Waals surface area contributed by atoms with Crippen molar-refractivity contribution in [3.05, 3.63) is 41.9 Å². The fourth-order valence-corrected chi connectivity index (χ4v) is 2.66. The van der Waals surface area contributed by atoms with Gasteiger partial charge in [-0.3, -0.25) is 4.90 Å². The average molecular weight is 287 g/mol. The number of hydrogen-bond donors (Lipinski definition) is 0. The molecule has 3 rings (SSSR count). The summed E-state index contributed by atoms with van der Waals surface area (Å²) < 4.78 is 11.0. The topological polar surface area (TPSA) is 51.4 Å². The van der Waals surface area contributed by atoms with Crippen molar-refractivity contribution in [2.75, 3.05) is 19.7 Å². The SMILES string of the molecule is Cc1cc(CN2CCC(COc3ccccn3)CC2)on1. The Hall–Kier alpha value is -1.88. The standard InChI is InChI=1S/C16H21N3O2/c1-13-10-15(21-18-13)11-19-8-5-14(6-9-19)12-20-16-4-2-3-7-17-16/h2-4,7,10,14H,5-6,8-9,11-12H2,1H3. The molecule has 0 spiro atoms. The van der Waals surface area contributed by atoms with Crippen molar-refractivity contribution in [2.45, 2.75) is 26.3 Å². The Morgan fingerprint density at radius 3 is 2.86 bits per heavy atom. The van der Waals surface area contributed by atoms with E-state index in [0.717, 1.165) is 56.4 Å². The molecule has 0 bridgehead atoms. The van der Waals surface area contributed by atoms with Crippen molar-refractivity contribution in [1.82, 2.24) is 15.0 Å². The quantitative estimate of drug-likeness (QED) is 0.846. The maximum atomic E-state index is 5.74. The van der Waals surface area contributed by atoms with E-state index in [0.29, 0.717) is 5.92 Å². The lowest BCUT2D eigenvalue weighted by molar-refractivity contribution is 0.126. The lowest BCUT2D eigenvalue weighted by atomic mass is 9.98. The number of piperidine rings is 1. The normalized spacial score (nSPS) is 17.0. The zero-order valence-electron chi connectivity index (χ0n) is 12.4. The molecule has 2 aromatic heterocycles. The van der Waals surface area contributed by atoms with Crippen LogP contribution in [0.1, 0.15) is 24.3 Å². The molecule has 0 unspecified atom stereocenters. The lowest BCUT2D eigenvalue weighted by Gasteiger charge is -2.30. The number of ether oxygens (including phenoxy) is 1. The predicted octanol–water partition coefficient (Wildman–Crippen LogP) is 2.67. The molecule has 0 atom stereocenters. The molecule has 0 aliphatic carbocycles. The summed E-state index contributed by atoms with van der Waals surface area (Å²) in [6, 6.07) is 7.76. The summed E-state index contributed by atoms with van der Waals surface area (Å²) in [4.78, 5) is 6.60. The van der Waals surface area contributed by atoms with Crippen LogP contribution in [0.25, 0.3) is 0 Å². The second-order valence-corrected chi connectivity index (χ2v) is 5.63. The highest BCUT2D eigenvalue weighted by Crippen LogP contribution is 2.20. The van der Waals surface area contributed by atoms with Gasteiger partial charge in [0.1, 0.15) is 0 Å². The number of rotatable bonds is 5. The van der Waals surface area contributed by atoms with E-state index >= 15 is 0 Å².